The Kier molecular flexibility index (Phi) is 6.96. The Morgan fingerprint density at radius 3 is 1.93 bits per heavy atom. The second kappa shape index (κ2) is 9.67. The lowest BCUT2D eigenvalue weighted by molar-refractivity contribution is 0.266. The lowest BCUT2D eigenvalue weighted by Gasteiger charge is -2.28. The summed E-state index contributed by atoms with van der Waals surface area (Å²) in [6, 6.07) is 14.8. The van der Waals surface area contributed by atoms with Crippen molar-refractivity contribution in [1.82, 2.24) is 0 Å². The Morgan fingerprint density at radius 2 is 1.33 bits per heavy atom. The Balaban J connectivity index is 1.41. The third-order valence-corrected chi connectivity index (χ3v) is 8.08. The summed E-state index contributed by atoms with van der Waals surface area (Å²) < 4.78 is 15.0. The van der Waals surface area contributed by atoms with Crippen LogP contribution in [0.25, 0.3) is 11.1 Å². The molecule has 0 N–H and O–H groups in total. The molecule has 0 heterocycles. The minimum Gasteiger partial charge on any atom is -0.207 e. The molecule has 2 fully saturated rings. The first-order chi connectivity index (χ1) is 14.5. The van der Waals surface area contributed by atoms with Crippen molar-refractivity contribution in [2.75, 3.05) is 0 Å². The predicted octanol–water partition coefficient (Wildman–Crippen LogP) is 9.11. The highest BCUT2D eigenvalue weighted by Crippen LogP contribution is 2.38. The molecule has 2 saturated carbocycles. The molecule has 2 aliphatic rings. The Hall–Kier alpha value is -1.63. The summed E-state index contributed by atoms with van der Waals surface area (Å²) in [4.78, 5) is 0. The maximum atomic E-state index is 15.0. The lowest BCUT2D eigenvalue weighted by atomic mass is 9.77. The van der Waals surface area contributed by atoms with Gasteiger partial charge in [-0.1, -0.05) is 95.7 Å². The van der Waals surface area contributed by atoms with Crippen LogP contribution in [0.3, 0.4) is 0 Å². The van der Waals surface area contributed by atoms with Crippen molar-refractivity contribution in [2.45, 2.75) is 90.4 Å². The molecule has 2 aromatic carbocycles. The van der Waals surface area contributed by atoms with Crippen molar-refractivity contribution in [2.24, 2.45) is 17.8 Å². The topological polar surface area (TPSA) is 0 Å². The largest absolute Gasteiger partial charge is 0.207 e. The monoisotopic (exact) mass is 406 g/mol. The third kappa shape index (κ3) is 5.16. The first-order valence-electron chi connectivity index (χ1n) is 12.4. The minimum absolute atomic E-state index is 0.0328. The van der Waals surface area contributed by atoms with Gasteiger partial charge < -0.3 is 0 Å². The van der Waals surface area contributed by atoms with Crippen molar-refractivity contribution in [3.63, 3.8) is 0 Å². The van der Waals surface area contributed by atoms with Crippen LogP contribution >= 0.6 is 0 Å². The summed E-state index contributed by atoms with van der Waals surface area (Å²) in [6.45, 7) is 6.93. The average molecular weight is 407 g/mol. The van der Waals surface area contributed by atoms with Crippen LogP contribution in [0.15, 0.2) is 42.5 Å². The van der Waals surface area contributed by atoms with Gasteiger partial charge in [0.2, 0.25) is 0 Å². The van der Waals surface area contributed by atoms with E-state index in [9.17, 15) is 0 Å². The van der Waals surface area contributed by atoms with Crippen molar-refractivity contribution in [3.8, 4) is 11.1 Å². The summed E-state index contributed by atoms with van der Waals surface area (Å²) in [5.74, 6) is 3.50. The molecule has 1 atom stereocenters. The molecular formula is C29H39F. The standard InChI is InChI=1S/C29H39F/c1-20-4-8-23(9-5-20)18-22(3)28-17-16-27(19-29(28)30)26-14-12-25(13-15-26)24-10-6-21(2)7-11-24/h12-17,19-24H,4-11,18H2,1-3H3/t20?,21?,22-,23?,24?/m1/s1. The fourth-order valence-electron chi connectivity index (χ4n) is 5.84. The van der Waals surface area contributed by atoms with E-state index in [1.807, 2.05) is 6.07 Å². The zero-order valence-electron chi connectivity index (χ0n) is 19.2. The highest BCUT2D eigenvalue weighted by molar-refractivity contribution is 5.64. The number of benzene rings is 2. The number of halogens is 1. The number of hydrogen-bond donors (Lipinski definition) is 0. The second-order valence-corrected chi connectivity index (χ2v) is 10.6. The first kappa shape index (κ1) is 21.6. The maximum absolute atomic E-state index is 15.0. The van der Waals surface area contributed by atoms with Gasteiger partial charge in [0.15, 0.2) is 0 Å². The van der Waals surface area contributed by atoms with Crippen LogP contribution in [0.4, 0.5) is 4.39 Å². The van der Waals surface area contributed by atoms with Gasteiger partial charge in [-0.15, -0.1) is 0 Å². The van der Waals surface area contributed by atoms with Crippen molar-refractivity contribution in [3.05, 3.63) is 59.4 Å². The Bertz CT molecular complexity index is 805. The molecule has 30 heavy (non-hydrogen) atoms. The predicted molar refractivity (Wildman–Crippen MR) is 126 cm³/mol. The molecule has 2 aliphatic carbocycles. The third-order valence-electron chi connectivity index (χ3n) is 8.08. The molecule has 1 heteroatoms. The van der Waals surface area contributed by atoms with E-state index >= 15 is 4.39 Å². The van der Waals surface area contributed by atoms with E-state index in [2.05, 4.69) is 51.1 Å². The molecule has 0 nitrogen and oxygen atoms in total. The molecule has 0 amide bonds. The van der Waals surface area contributed by atoms with Crippen molar-refractivity contribution in [1.29, 1.82) is 0 Å². The fourth-order valence-corrected chi connectivity index (χ4v) is 5.84. The van der Waals surface area contributed by atoms with Gasteiger partial charge in [-0.2, -0.15) is 0 Å². The number of rotatable bonds is 5. The molecule has 0 bridgehead atoms. The van der Waals surface area contributed by atoms with Crippen molar-refractivity contribution < 1.29 is 4.39 Å². The van der Waals surface area contributed by atoms with E-state index in [-0.39, 0.29) is 5.82 Å². The lowest BCUT2D eigenvalue weighted by Crippen LogP contribution is -2.14. The van der Waals surface area contributed by atoms with Crippen LogP contribution in [0.2, 0.25) is 0 Å². The molecular weight excluding hydrogens is 367 g/mol. The molecule has 4 rings (SSSR count). The van der Waals surface area contributed by atoms with Crippen LogP contribution in [0.5, 0.6) is 0 Å². The van der Waals surface area contributed by atoms with Gasteiger partial charge in [0.05, 0.1) is 0 Å². The van der Waals surface area contributed by atoms with Gasteiger partial charge in [-0.25, -0.2) is 4.39 Å². The average Bonchev–Trinajstić information content (AvgIpc) is 2.76. The van der Waals surface area contributed by atoms with Gasteiger partial charge in [0, 0.05) is 0 Å². The summed E-state index contributed by atoms with van der Waals surface area (Å²) >= 11 is 0. The van der Waals surface area contributed by atoms with E-state index in [4.69, 9.17) is 0 Å². The van der Waals surface area contributed by atoms with Gasteiger partial charge in [0.25, 0.3) is 0 Å². The second-order valence-electron chi connectivity index (χ2n) is 10.6. The maximum Gasteiger partial charge on any atom is 0.127 e. The Morgan fingerprint density at radius 1 is 0.767 bits per heavy atom. The molecule has 162 valence electrons. The Labute approximate surface area is 183 Å². The molecule has 0 spiro atoms. The smallest absolute Gasteiger partial charge is 0.127 e. The molecule has 0 aromatic heterocycles. The first-order valence-corrected chi connectivity index (χ1v) is 12.4. The molecule has 2 aromatic rings. The van der Waals surface area contributed by atoms with Gasteiger partial charge in [0.1, 0.15) is 5.82 Å². The van der Waals surface area contributed by atoms with Crippen LogP contribution in [0, 0.1) is 23.6 Å². The van der Waals surface area contributed by atoms with Crippen LogP contribution in [-0.4, -0.2) is 0 Å². The van der Waals surface area contributed by atoms with E-state index in [1.165, 1.54) is 56.9 Å². The van der Waals surface area contributed by atoms with Crippen molar-refractivity contribution >= 4 is 0 Å². The van der Waals surface area contributed by atoms with E-state index in [1.54, 1.807) is 6.07 Å². The van der Waals surface area contributed by atoms with Gasteiger partial charge in [-0.05, 0) is 77.2 Å². The normalized spacial score (nSPS) is 28.3. The minimum atomic E-state index is -0.0328. The van der Waals surface area contributed by atoms with E-state index in [0.717, 1.165) is 40.9 Å². The number of hydrogen-bond acceptors (Lipinski definition) is 0. The zero-order chi connectivity index (χ0) is 21.1. The summed E-state index contributed by atoms with van der Waals surface area (Å²) in [7, 11) is 0. The highest BCUT2D eigenvalue weighted by Gasteiger charge is 2.22. The van der Waals surface area contributed by atoms with E-state index in [0.29, 0.717) is 11.8 Å². The zero-order valence-corrected chi connectivity index (χ0v) is 19.2. The molecule has 0 unspecified atom stereocenters. The summed E-state index contributed by atoms with van der Waals surface area (Å²) in [5.41, 5.74) is 4.48. The molecule has 0 aliphatic heterocycles. The van der Waals surface area contributed by atoms with Gasteiger partial charge >= 0.3 is 0 Å². The fraction of sp³-hybridized carbons (Fsp3) is 0.586. The van der Waals surface area contributed by atoms with Crippen LogP contribution in [0.1, 0.15) is 102 Å². The summed E-state index contributed by atoms with van der Waals surface area (Å²) in [5, 5.41) is 0. The SMILES string of the molecule is CC1CCC(C[C@@H](C)c2ccc(-c3ccc(C4CCC(C)CC4)cc3)cc2F)CC1. The molecule has 0 radical (unpaired) electrons. The summed E-state index contributed by atoms with van der Waals surface area (Å²) in [6.07, 6.45) is 11.7. The van der Waals surface area contributed by atoms with Crippen LogP contribution < -0.4 is 0 Å². The molecule has 0 saturated heterocycles. The van der Waals surface area contributed by atoms with E-state index < -0.39 is 0 Å². The highest BCUT2D eigenvalue weighted by atomic mass is 19.1. The van der Waals surface area contributed by atoms with Gasteiger partial charge in [-0.3, -0.25) is 0 Å². The van der Waals surface area contributed by atoms with Crippen LogP contribution in [-0.2, 0) is 0 Å². The quantitative estimate of drug-likeness (QED) is 0.464.